The van der Waals surface area contributed by atoms with E-state index in [0.29, 0.717) is 17.1 Å². The fourth-order valence-corrected chi connectivity index (χ4v) is 4.91. The average molecular weight is 372 g/mol. The van der Waals surface area contributed by atoms with Crippen LogP contribution in [0.15, 0.2) is 47.4 Å². The number of rotatable bonds is 3. The largest absolute Gasteiger partial charge is 0.394 e. The quantitative estimate of drug-likeness (QED) is 0.897. The lowest BCUT2D eigenvalue weighted by atomic mass is 9.99. The third-order valence-corrected chi connectivity index (χ3v) is 6.57. The van der Waals surface area contributed by atoms with Gasteiger partial charge in [-0.15, -0.1) is 0 Å². The number of sulfonamides is 1. The summed E-state index contributed by atoms with van der Waals surface area (Å²) in [6, 6.07) is 11.1. The van der Waals surface area contributed by atoms with E-state index in [1.807, 2.05) is 12.1 Å². The summed E-state index contributed by atoms with van der Waals surface area (Å²) < 4.78 is 27.5. The number of hydrogen-bond donors (Lipinski definition) is 1. The molecule has 1 atom stereocenters. The second kappa shape index (κ2) is 6.32. The Balaban J connectivity index is 2.15. The summed E-state index contributed by atoms with van der Waals surface area (Å²) >= 11 is 11.8. The summed E-state index contributed by atoms with van der Waals surface area (Å²) in [5.74, 6) is 0. The summed E-state index contributed by atoms with van der Waals surface area (Å²) in [6.07, 6.45) is 1.29. The lowest BCUT2D eigenvalue weighted by Gasteiger charge is -2.37. The predicted molar refractivity (Wildman–Crippen MR) is 91.8 cm³/mol. The topological polar surface area (TPSA) is 57.6 Å². The number of aliphatic hydroxyl groups is 1. The van der Waals surface area contributed by atoms with Crippen LogP contribution in [-0.4, -0.2) is 26.2 Å². The van der Waals surface area contributed by atoms with Crippen molar-refractivity contribution in [2.24, 2.45) is 0 Å². The average Bonchev–Trinajstić information content (AvgIpc) is 2.56. The number of nitrogens with zero attached hydrogens (tertiary/aromatic N) is 1. The Morgan fingerprint density at radius 1 is 1.13 bits per heavy atom. The standard InChI is InChI=1S/C16H15Cl2NO3S/c17-14-8-7-13(9-15(14)18)23(21,22)19-12(10-20)6-5-11-3-1-2-4-16(11)19/h1-4,7-9,12,20H,5-6,10H2. The summed E-state index contributed by atoms with van der Waals surface area (Å²) in [5.41, 5.74) is 1.55. The zero-order valence-electron chi connectivity index (χ0n) is 12.1. The van der Waals surface area contributed by atoms with E-state index in [-0.39, 0.29) is 16.5 Å². The zero-order chi connectivity index (χ0) is 16.6. The van der Waals surface area contributed by atoms with Gasteiger partial charge in [-0.2, -0.15) is 0 Å². The Bertz CT molecular complexity index is 839. The maximum atomic E-state index is 13.1. The van der Waals surface area contributed by atoms with E-state index in [1.54, 1.807) is 12.1 Å². The van der Waals surface area contributed by atoms with Crippen molar-refractivity contribution in [3.8, 4) is 0 Å². The number of fused-ring (bicyclic) bond motifs is 1. The third kappa shape index (κ3) is 2.94. The summed E-state index contributed by atoms with van der Waals surface area (Å²) in [7, 11) is -3.85. The van der Waals surface area contributed by atoms with Crippen molar-refractivity contribution < 1.29 is 13.5 Å². The van der Waals surface area contributed by atoms with Gasteiger partial charge in [-0.1, -0.05) is 41.4 Å². The molecule has 0 fully saturated rings. The third-order valence-electron chi connectivity index (χ3n) is 3.97. The number of halogens is 2. The maximum Gasteiger partial charge on any atom is 0.264 e. The molecule has 1 N–H and O–H groups in total. The second-order valence-electron chi connectivity index (χ2n) is 5.38. The first-order valence-corrected chi connectivity index (χ1v) is 9.33. The number of anilines is 1. The van der Waals surface area contributed by atoms with Gasteiger partial charge in [0.25, 0.3) is 10.0 Å². The number of para-hydroxylation sites is 1. The molecule has 0 radical (unpaired) electrons. The molecule has 2 aromatic carbocycles. The van der Waals surface area contributed by atoms with Crippen molar-refractivity contribution in [3.05, 3.63) is 58.1 Å². The molecule has 1 heterocycles. The Kier molecular flexibility index (Phi) is 4.56. The Morgan fingerprint density at radius 3 is 2.57 bits per heavy atom. The highest BCUT2D eigenvalue weighted by molar-refractivity contribution is 7.92. The Hall–Kier alpha value is -1.27. The molecule has 0 aliphatic carbocycles. The van der Waals surface area contributed by atoms with Crippen LogP contribution in [0.5, 0.6) is 0 Å². The van der Waals surface area contributed by atoms with Crippen LogP contribution in [0.4, 0.5) is 5.69 Å². The molecule has 7 heteroatoms. The van der Waals surface area contributed by atoms with Crippen molar-refractivity contribution in [3.63, 3.8) is 0 Å². The lowest BCUT2D eigenvalue weighted by Crippen LogP contribution is -2.45. The Morgan fingerprint density at radius 2 is 1.87 bits per heavy atom. The smallest absolute Gasteiger partial charge is 0.264 e. The fourth-order valence-electron chi connectivity index (χ4n) is 2.82. The van der Waals surface area contributed by atoms with Crippen LogP contribution in [0.1, 0.15) is 12.0 Å². The number of hydrogen-bond acceptors (Lipinski definition) is 3. The zero-order valence-corrected chi connectivity index (χ0v) is 14.4. The molecule has 0 saturated heterocycles. The highest BCUT2D eigenvalue weighted by atomic mass is 35.5. The van der Waals surface area contributed by atoms with Gasteiger partial charge in [-0.3, -0.25) is 4.31 Å². The van der Waals surface area contributed by atoms with Crippen LogP contribution in [0.3, 0.4) is 0 Å². The minimum Gasteiger partial charge on any atom is -0.394 e. The molecule has 23 heavy (non-hydrogen) atoms. The predicted octanol–water partition coefficient (Wildman–Crippen LogP) is 3.50. The van der Waals surface area contributed by atoms with E-state index in [4.69, 9.17) is 23.2 Å². The first-order valence-electron chi connectivity index (χ1n) is 7.13. The van der Waals surface area contributed by atoms with E-state index in [9.17, 15) is 13.5 Å². The summed E-state index contributed by atoms with van der Waals surface area (Å²) in [6.45, 7) is -0.241. The molecular formula is C16H15Cl2NO3S. The lowest BCUT2D eigenvalue weighted by molar-refractivity contribution is 0.258. The number of aliphatic hydroxyl groups excluding tert-OH is 1. The molecule has 0 spiro atoms. The van der Waals surface area contributed by atoms with Crippen molar-refractivity contribution in [2.45, 2.75) is 23.8 Å². The van der Waals surface area contributed by atoms with Gasteiger partial charge in [-0.25, -0.2) is 8.42 Å². The van der Waals surface area contributed by atoms with Crippen LogP contribution >= 0.6 is 23.2 Å². The van der Waals surface area contributed by atoms with Gasteiger partial charge in [0, 0.05) is 0 Å². The summed E-state index contributed by atoms with van der Waals surface area (Å²) in [4.78, 5) is 0.0575. The van der Waals surface area contributed by atoms with Gasteiger partial charge in [-0.05, 0) is 42.7 Å². The Labute approximate surface area is 145 Å². The van der Waals surface area contributed by atoms with Gasteiger partial charge >= 0.3 is 0 Å². The number of benzene rings is 2. The first kappa shape index (κ1) is 16.6. The monoisotopic (exact) mass is 371 g/mol. The molecule has 0 saturated carbocycles. The SMILES string of the molecule is O=S(=O)(c1ccc(Cl)c(Cl)c1)N1c2ccccc2CCC1CO. The van der Waals surface area contributed by atoms with Gasteiger partial charge < -0.3 is 5.11 Å². The molecule has 2 aromatic rings. The molecule has 0 bridgehead atoms. The molecule has 1 unspecified atom stereocenters. The highest BCUT2D eigenvalue weighted by Crippen LogP contribution is 2.36. The fraction of sp³-hybridized carbons (Fsp3) is 0.250. The van der Waals surface area contributed by atoms with E-state index in [1.165, 1.54) is 22.5 Å². The van der Waals surface area contributed by atoms with Crippen LogP contribution in [-0.2, 0) is 16.4 Å². The van der Waals surface area contributed by atoms with Crippen molar-refractivity contribution in [1.82, 2.24) is 0 Å². The maximum absolute atomic E-state index is 13.1. The molecule has 0 amide bonds. The number of aryl methyl sites for hydroxylation is 1. The minimum atomic E-state index is -3.85. The van der Waals surface area contributed by atoms with Gasteiger partial charge in [0.1, 0.15) is 0 Å². The van der Waals surface area contributed by atoms with Crippen LogP contribution in [0.25, 0.3) is 0 Å². The van der Waals surface area contributed by atoms with Gasteiger partial charge in [0.15, 0.2) is 0 Å². The van der Waals surface area contributed by atoms with E-state index in [2.05, 4.69) is 0 Å². The molecule has 3 rings (SSSR count). The highest BCUT2D eigenvalue weighted by Gasteiger charge is 2.35. The van der Waals surface area contributed by atoms with E-state index < -0.39 is 16.1 Å². The van der Waals surface area contributed by atoms with Crippen LogP contribution in [0.2, 0.25) is 10.0 Å². The van der Waals surface area contributed by atoms with E-state index in [0.717, 1.165) is 12.0 Å². The van der Waals surface area contributed by atoms with Gasteiger partial charge in [0.2, 0.25) is 0 Å². The van der Waals surface area contributed by atoms with Crippen LogP contribution in [0, 0.1) is 0 Å². The van der Waals surface area contributed by atoms with Crippen molar-refractivity contribution in [1.29, 1.82) is 0 Å². The minimum absolute atomic E-state index is 0.0575. The van der Waals surface area contributed by atoms with Gasteiger partial charge in [0.05, 0.1) is 33.3 Å². The summed E-state index contributed by atoms with van der Waals surface area (Å²) in [5, 5.41) is 10.1. The van der Waals surface area contributed by atoms with Crippen molar-refractivity contribution in [2.75, 3.05) is 10.9 Å². The molecule has 122 valence electrons. The molecule has 1 aliphatic rings. The van der Waals surface area contributed by atoms with Crippen molar-refractivity contribution >= 4 is 38.9 Å². The molecular weight excluding hydrogens is 357 g/mol. The normalized spacial score (nSPS) is 17.9. The molecule has 4 nitrogen and oxygen atoms in total. The molecule has 0 aromatic heterocycles. The van der Waals surface area contributed by atoms with Crippen LogP contribution < -0.4 is 4.31 Å². The second-order valence-corrected chi connectivity index (χ2v) is 8.01. The van der Waals surface area contributed by atoms with E-state index >= 15 is 0 Å². The molecule has 1 aliphatic heterocycles. The first-order chi connectivity index (χ1) is 10.9.